The molecule has 2 heterocycles. The Balaban J connectivity index is 1.61. The van der Waals surface area contributed by atoms with Crippen LogP contribution in [0.15, 0.2) is 0 Å². The van der Waals surface area contributed by atoms with Crippen LogP contribution in [0, 0.1) is 5.92 Å². The Morgan fingerprint density at radius 3 is 2.93 bits per heavy atom. The van der Waals surface area contributed by atoms with Crippen molar-refractivity contribution in [1.29, 1.82) is 0 Å². The summed E-state index contributed by atoms with van der Waals surface area (Å²) in [5.41, 5.74) is -0.626. The van der Waals surface area contributed by atoms with Crippen LogP contribution < -0.4 is 5.32 Å². The number of aliphatic hydroxyl groups is 1. The van der Waals surface area contributed by atoms with Crippen molar-refractivity contribution in [2.75, 3.05) is 39.5 Å². The molecule has 2 fully saturated rings. The molecule has 0 spiro atoms. The van der Waals surface area contributed by atoms with Gasteiger partial charge in [-0.1, -0.05) is 0 Å². The van der Waals surface area contributed by atoms with Gasteiger partial charge >= 0.3 is 0 Å². The molecule has 0 bridgehead atoms. The monoisotopic (exact) mass is 201 g/mol. The molecule has 2 saturated heterocycles. The fraction of sp³-hybridized carbons (Fsp3) is 1.00. The first-order valence-electron chi connectivity index (χ1n) is 5.37. The van der Waals surface area contributed by atoms with E-state index in [4.69, 9.17) is 9.47 Å². The van der Waals surface area contributed by atoms with E-state index in [0.29, 0.717) is 25.7 Å². The van der Waals surface area contributed by atoms with E-state index in [9.17, 15) is 5.11 Å². The van der Waals surface area contributed by atoms with Crippen molar-refractivity contribution < 1.29 is 14.6 Å². The molecule has 4 heteroatoms. The first-order chi connectivity index (χ1) is 6.79. The zero-order chi connectivity index (χ0) is 9.86. The van der Waals surface area contributed by atoms with Crippen LogP contribution in [0.3, 0.4) is 0 Å². The molecular weight excluding hydrogens is 182 g/mol. The molecule has 0 aromatic carbocycles. The molecule has 2 aliphatic rings. The van der Waals surface area contributed by atoms with Gasteiger partial charge in [0.25, 0.3) is 0 Å². The number of ether oxygens (including phenoxy) is 2. The average molecular weight is 201 g/mol. The summed E-state index contributed by atoms with van der Waals surface area (Å²) in [6.07, 6.45) is 1.89. The van der Waals surface area contributed by atoms with E-state index < -0.39 is 5.60 Å². The Morgan fingerprint density at radius 1 is 1.36 bits per heavy atom. The second kappa shape index (κ2) is 4.57. The Kier molecular flexibility index (Phi) is 3.38. The largest absolute Gasteiger partial charge is 0.386 e. The number of nitrogens with one attached hydrogen (secondary N) is 1. The molecule has 0 aliphatic carbocycles. The highest BCUT2D eigenvalue weighted by molar-refractivity contribution is 4.85. The molecule has 0 aromatic rings. The van der Waals surface area contributed by atoms with Crippen LogP contribution in [0.5, 0.6) is 0 Å². The first kappa shape index (κ1) is 10.4. The Labute approximate surface area is 84.6 Å². The van der Waals surface area contributed by atoms with Crippen molar-refractivity contribution in [1.82, 2.24) is 5.32 Å². The molecule has 2 rings (SSSR count). The summed E-state index contributed by atoms with van der Waals surface area (Å²) in [5.74, 6) is 0.626. The fourth-order valence-corrected chi connectivity index (χ4v) is 1.99. The van der Waals surface area contributed by atoms with E-state index in [1.807, 2.05) is 0 Å². The van der Waals surface area contributed by atoms with Gasteiger partial charge in [-0.15, -0.1) is 0 Å². The Hall–Kier alpha value is -0.160. The number of hydrogen-bond donors (Lipinski definition) is 2. The molecule has 0 amide bonds. The van der Waals surface area contributed by atoms with Crippen LogP contribution in [-0.2, 0) is 9.47 Å². The average Bonchev–Trinajstić information content (AvgIpc) is 2.77. The third kappa shape index (κ3) is 2.67. The third-order valence-corrected chi connectivity index (χ3v) is 2.99. The summed E-state index contributed by atoms with van der Waals surface area (Å²) in [4.78, 5) is 0. The lowest BCUT2D eigenvalue weighted by Gasteiger charge is -2.21. The van der Waals surface area contributed by atoms with Gasteiger partial charge < -0.3 is 19.9 Å². The molecule has 0 radical (unpaired) electrons. The highest BCUT2D eigenvalue weighted by Gasteiger charge is 2.31. The van der Waals surface area contributed by atoms with Gasteiger partial charge in [-0.3, -0.25) is 0 Å². The third-order valence-electron chi connectivity index (χ3n) is 2.99. The summed E-state index contributed by atoms with van der Waals surface area (Å²) in [6.45, 7) is 4.50. The van der Waals surface area contributed by atoms with Crippen LogP contribution >= 0.6 is 0 Å². The number of rotatable bonds is 4. The Bertz CT molecular complexity index is 174. The lowest BCUT2D eigenvalue weighted by atomic mass is 10.0. The molecule has 4 nitrogen and oxygen atoms in total. The van der Waals surface area contributed by atoms with Crippen molar-refractivity contribution in [2.45, 2.75) is 18.4 Å². The highest BCUT2D eigenvalue weighted by Crippen LogP contribution is 2.17. The van der Waals surface area contributed by atoms with E-state index >= 15 is 0 Å². The van der Waals surface area contributed by atoms with Crippen LogP contribution in [0.4, 0.5) is 0 Å². The maximum Gasteiger partial charge on any atom is 0.102 e. The van der Waals surface area contributed by atoms with Crippen molar-refractivity contribution in [3.8, 4) is 0 Å². The van der Waals surface area contributed by atoms with Crippen molar-refractivity contribution in [2.24, 2.45) is 5.92 Å². The van der Waals surface area contributed by atoms with E-state index in [1.165, 1.54) is 0 Å². The predicted octanol–water partition coefficient (Wildman–Crippen LogP) is -0.236. The van der Waals surface area contributed by atoms with E-state index in [1.54, 1.807) is 0 Å². The standard InChI is InChI=1S/C10H19NO3/c12-10(2-4-14-8-10)7-11-5-9-1-3-13-6-9/h9,11-12H,1-8H2. The fourth-order valence-electron chi connectivity index (χ4n) is 1.99. The molecule has 82 valence electrons. The minimum atomic E-state index is -0.626. The highest BCUT2D eigenvalue weighted by atomic mass is 16.5. The lowest BCUT2D eigenvalue weighted by molar-refractivity contribution is 0.0263. The van der Waals surface area contributed by atoms with E-state index in [0.717, 1.165) is 32.6 Å². The summed E-state index contributed by atoms with van der Waals surface area (Å²) >= 11 is 0. The van der Waals surface area contributed by atoms with Gasteiger partial charge in [0.2, 0.25) is 0 Å². The van der Waals surface area contributed by atoms with Gasteiger partial charge in [0, 0.05) is 32.7 Å². The van der Waals surface area contributed by atoms with Crippen LogP contribution in [0.2, 0.25) is 0 Å². The SMILES string of the molecule is OC1(CNCC2CCOC2)CCOC1. The van der Waals surface area contributed by atoms with Gasteiger partial charge in [-0.05, 0) is 12.3 Å². The van der Waals surface area contributed by atoms with Crippen LogP contribution in [0.25, 0.3) is 0 Å². The summed E-state index contributed by atoms with van der Waals surface area (Å²) in [6, 6.07) is 0. The van der Waals surface area contributed by atoms with Gasteiger partial charge in [0.1, 0.15) is 5.60 Å². The summed E-state index contributed by atoms with van der Waals surface area (Å²) in [7, 11) is 0. The minimum Gasteiger partial charge on any atom is -0.386 e. The lowest BCUT2D eigenvalue weighted by Crippen LogP contribution is -2.42. The smallest absolute Gasteiger partial charge is 0.102 e. The van der Waals surface area contributed by atoms with Crippen LogP contribution in [-0.4, -0.2) is 50.2 Å². The number of hydrogen-bond acceptors (Lipinski definition) is 4. The molecule has 0 aromatic heterocycles. The zero-order valence-corrected chi connectivity index (χ0v) is 8.50. The second-order valence-electron chi connectivity index (χ2n) is 4.39. The predicted molar refractivity (Wildman–Crippen MR) is 52.2 cm³/mol. The van der Waals surface area contributed by atoms with E-state index in [-0.39, 0.29) is 0 Å². The molecule has 2 unspecified atom stereocenters. The maximum absolute atomic E-state index is 9.95. The van der Waals surface area contributed by atoms with Crippen molar-refractivity contribution >= 4 is 0 Å². The van der Waals surface area contributed by atoms with E-state index in [2.05, 4.69) is 5.32 Å². The minimum absolute atomic E-state index is 0.473. The quantitative estimate of drug-likeness (QED) is 0.659. The second-order valence-corrected chi connectivity index (χ2v) is 4.39. The topological polar surface area (TPSA) is 50.7 Å². The zero-order valence-electron chi connectivity index (χ0n) is 8.50. The normalized spacial score (nSPS) is 37.9. The van der Waals surface area contributed by atoms with Crippen LogP contribution in [0.1, 0.15) is 12.8 Å². The van der Waals surface area contributed by atoms with Gasteiger partial charge in [0.05, 0.1) is 13.2 Å². The molecule has 2 N–H and O–H groups in total. The molecule has 14 heavy (non-hydrogen) atoms. The van der Waals surface area contributed by atoms with Gasteiger partial charge in [-0.25, -0.2) is 0 Å². The van der Waals surface area contributed by atoms with Crippen molar-refractivity contribution in [3.05, 3.63) is 0 Å². The molecule has 2 aliphatic heterocycles. The maximum atomic E-state index is 9.95. The van der Waals surface area contributed by atoms with Gasteiger partial charge in [0.15, 0.2) is 0 Å². The Morgan fingerprint density at radius 2 is 2.29 bits per heavy atom. The van der Waals surface area contributed by atoms with Gasteiger partial charge in [-0.2, -0.15) is 0 Å². The molecule has 0 saturated carbocycles. The first-order valence-corrected chi connectivity index (χ1v) is 5.37. The summed E-state index contributed by atoms with van der Waals surface area (Å²) < 4.78 is 10.4. The molecular formula is C10H19NO3. The summed E-state index contributed by atoms with van der Waals surface area (Å²) in [5, 5.41) is 13.2. The molecule has 2 atom stereocenters. The van der Waals surface area contributed by atoms with Crippen molar-refractivity contribution in [3.63, 3.8) is 0 Å².